The van der Waals surface area contributed by atoms with Gasteiger partial charge in [0, 0.05) is 128 Å². The molecular formula is C60H79Ac2N19O7S3-2. The van der Waals surface area contributed by atoms with Gasteiger partial charge >= 0.3 is 6.03 Å². The molecule has 5 heterocycles. The second-order valence-corrected chi connectivity index (χ2v) is 24.6. The average molecular weight is 1730 g/mol. The van der Waals surface area contributed by atoms with Crippen LogP contribution in [0.15, 0.2) is 99.9 Å². The van der Waals surface area contributed by atoms with Gasteiger partial charge in [-0.3, -0.25) is 43.7 Å². The van der Waals surface area contributed by atoms with Gasteiger partial charge < -0.3 is 70.8 Å². The fourth-order valence-corrected chi connectivity index (χ4v) is 12.9. The predicted octanol–water partition coefficient (Wildman–Crippen LogP) is 5.22. The number of nitrogens with one attached hydrogen (secondary N) is 3. The van der Waals surface area contributed by atoms with Crippen LogP contribution in [0.5, 0.6) is 0 Å². The van der Waals surface area contributed by atoms with Crippen molar-refractivity contribution in [1.29, 1.82) is 0 Å². The largest absolute Gasteiger partial charge is 0.652 e. The van der Waals surface area contributed by atoms with E-state index in [4.69, 9.17) is 34.4 Å². The number of benzene rings is 3. The molecule has 0 bridgehead atoms. The van der Waals surface area contributed by atoms with Crippen LogP contribution in [0.3, 0.4) is 0 Å². The Labute approximate surface area is 612 Å². The van der Waals surface area contributed by atoms with Crippen LogP contribution in [0.1, 0.15) is 113 Å². The smallest absolute Gasteiger partial charge is 0.320 e. The number of nitrogens with zero attached hydrogens (tertiary/aromatic N) is 10. The van der Waals surface area contributed by atoms with Gasteiger partial charge in [0.25, 0.3) is 0 Å². The monoisotopic (exact) mass is 1730 g/mol. The number of urea groups is 1. The minimum atomic E-state index is -0.783. The van der Waals surface area contributed by atoms with E-state index in [-0.39, 0.29) is 160 Å². The van der Waals surface area contributed by atoms with E-state index in [0.29, 0.717) is 92.7 Å². The molecular weight excluding hydrogens is 1650 g/mol. The van der Waals surface area contributed by atoms with Gasteiger partial charge in [0.15, 0.2) is 38.8 Å². The van der Waals surface area contributed by atoms with E-state index in [1.165, 1.54) is 58.2 Å². The summed E-state index contributed by atoms with van der Waals surface area (Å²) in [5.41, 5.74) is 34.4. The zero-order valence-corrected chi connectivity index (χ0v) is 63.1. The number of rotatable bonds is 26. The van der Waals surface area contributed by atoms with Crippen molar-refractivity contribution in [1.82, 2.24) is 40.7 Å². The van der Waals surface area contributed by atoms with E-state index in [0.717, 1.165) is 49.9 Å². The summed E-state index contributed by atoms with van der Waals surface area (Å²) in [5, 5.41) is 18.4. The van der Waals surface area contributed by atoms with Gasteiger partial charge in [0.2, 0.25) is 29.2 Å². The number of carbonyl (C=O) groups excluding carboxylic acids is 7. The summed E-state index contributed by atoms with van der Waals surface area (Å²) in [7, 11) is 3.30. The molecule has 9 rings (SSSR count). The molecule has 3 aliphatic rings. The van der Waals surface area contributed by atoms with E-state index in [2.05, 4.69) is 56.5 Å². The molecule has 26 nitrogen and oxygen atoms in total. The van der Waals surface area contributed by atoms with Crippen molar-refractivity contribution in [3.8, 4) is 0 Å². The number of likely N-dealkylation sites (tertiary alicyclic amines) is 1. The van der Waals surface area contributed by atoms with E-state index in [1.807, 2.05) is 78.9 Å². The number of fused-ring (bicyclic) bond motifs is 3. The molecule has 2 fully saturated rings. The molecule has 1 saturated heterocycles. The van der Waals surface area contributed by atoms with E-state index in [9.17, 15) is 33.6 Å². The molecule has 6 aromatic rings. The van der Waals surface area contributed by atoms with E-state index in [1.54, 1.807) is 25.1 Å². The summed E-state index contributed by atoms with van der Waals surface area (Å²) < 4.78 is 2.78. The Balaban J connectivity index is 0.000000246. The molecule has 31 heteroatoms. The summed E-state index contributed by atoms with van der Waals surface area (Å²) >= 11 is 3.95. The molecule has 91 heavy (non-hydrogen) atoms. The second kappa shape index (κ2) is 39.2. The first-order valence-corrected chi connectivity index (χ1v) is 32.0. The molecule has 2 aliphatic heterocycles. The van der Waals surface area contributed by atoms with Crippen LogP contribution in [0.4, 0.5) is 4.79 Å². The van der Waals surface area contributed by atoms with Crippen molar-refractivity contribution in [3.63, 3.8) is 0 Å². The van der Waals surface area contributed by atoms with Gasteiger partial charge in [-0.15, -0.1) is 52.7 Å². The zero-order chi connectivity index (χ0) is 63.8. The Morgan fingerprint density at radius 3 is 1.41 bits per heavy atom. The summed E-state index contributed by atoms with van der Waals surface area (Å²) in [6.45, 7) is 2.23. The third kappa shape index (κ3) is 24.0. The summed E-state index contributed by atoms with van der Waals surface area (Å²) in [6, 6.07) is 19.4. The number of aliphatic imine (C=N–C) groups is 3. The number of hydrogen-bond donors (Lipinski definition) is 9. The first-order valence-electron chi connectivity index (χ1n) is 29.6. The van der Waals surface area contributed by atoms with Crippen LogP contribution in [-0.2, 0) is 14.4 Å². The molecule has 3 aromatic heterocycles. The fourth-order valence-electron chi connectivity index (χ4n) is 10.1. The number of amides is 5. The average Bonchev–Trinajstić information content (AvgIpc) is 1.96. The number of para-hydroxylation sites is 3. The van der Waals surface area contributed by atoms with Crippen LogP contribution in [0, 0.1) is 88.1 Å². The first kappa shape index (κ1) is 76.1. The van der Waals surface area contributed by atoms with Crippen molar-refractivity contribution in [2.24, 2.45) is 49.4 Å². The Morgan fingerprint density at radius 2 is 1.01 bits per heavy atom. The second-order valence-electron chi connectivity index (χ2n) is 21.5. The van der Waals surface area contributed by atoms with E-state index >= 15 is 0 Å². The summed E-state index contributed by atoms with van der Waals surface area (Å²) in [4.78, 5) is 118. The van der Waals surface area contributed by atoms with Crippen LogP contribution < -0.4 is 50.4 Å². The maximum atomic E-state index is 13.3. The number of aromatic nitrogens is 3. The number of nitrogens with two attached hydrogens (primary N) is 6. The Hall–Kier alpha value is -5.63. The summed E-state index contributed by atoms with van der Waals surface area (Å²) in [5.74, 6) is -1.52. The number of guanidine groups is 3. The number of ketones is 3. The van der Waals surface area contributed by atoms with Crippen molar-refractivity contribution >= 4 is 124 Å². The van der Waals surface area contributed by atoms with Crippen LogP contribution in [0.25, 0.3) is 41.3 Å². The first-order chi connectivity index (χ1) is 42.8. The normalized spacial score (nSPS) is 16.0. The SMILES string of the molecule is CN(C)C(=O)N1CCC[C@H]1C(=O)NC(CCCN=C(N)N)C(=O)c1nc2ccccc2s1.NC(N)=NCCCC(NC(=O)C[N-]C1CCCCC1)C(=O)c1nc2ccccc2s1.NC(N)=NCCCC(NC(=O)[C@@H]1C=CC[N-]1)C(=O)c1nc2ccccc2s1.[Ac].[Ac]. The van der Waals surface area contributed by atoms with Crippen LogP contribution >= 0.6 is 34.0 Å². The van der Waals surface area contributed by atoms with Crippen molar-refractivity contribution in [2.45, 2.75) is 120 Å². The minimum absolute atomic E-state index is 0. The maximum absolute atomic E-state index is 13.3. The third-order valence-corrected chi connectivity index (χ3v) is 17.7. The third-order valence-electron chi connectivity index (χ3n) is 14.5. The molecule has 15 N–H and O–H groups in total. The van der Waals surface area contributed by atoms with Crippen LogP contribution in [0.2, 0.25) is 0 Å². The molecule has 1 saturated carbocycles. The molecule has 1 aliphatic carbocycles. The molecule has 482 valence electrons. The molecule has 5 amide bonds. The van der Waals surface area contributed by atoms with E-state index < -0.39 is 30.2 Å². The number of thiazole rings is 3. The van der Waals surface area contributed by atoms with Gasteiger partial charge in [0.05, 0.1) is 48.8 Å². The van der Waals surface area contributed by atoms with Gasteiger partial charge in [-0.2, -0.15) is 0 Å². The standard InChI is InChI=1S/C21H29N7O3S.C21H29N6O2S.C18H21N6O2S.2Ac/c1-27(2)21(31)28-12-6-9-15(28)18(30)25-14(8-5-11-24-20(22)23)17(29)19-26-13-7-3-4-10-16(13)32-19;22-21(23)24-12-6-10-16(26-18(28)13-25-14-7-2-1-3-8-14)19(29)20-27-15-9-4-5-11-17(15)30-20;19-18(20)22-10-3-6-12(23-16(26)13-7-4-9-21-13)15(25)17-24-11-5-1-2-8-14(11)27-17;;/h3-4,7,10,14-15H,5-6,8-9,11-12H2,1-2H3,(H,25,30)(H4,22,23,24);4-5,9,11,14,16H,1-3,6-8,10,12-13H2,(H,26,28)(H4,22,23,24);1-2,4-5,7-8,12-13H,3,6,9-10H2,(H,23,26)(H4,19,20,22);;/q;2*-1;;/t14?,15-;;12?,13-;;/m0.0../s1. The topological polar surface area (TPSA) is 422 Å². The number of hydrogen-bond acceptors (Lipinski definition) is 16. The fraction of sp³-hybridized carbons (Fsp3) is 0.450. The quantitative estimate of drug-likeness (QED) is 0.0111. The molecule has 3 aromatic carbocycles. The van der Waals surface area contributed by atoms with Gasteiger partial charge in [-0.1, -0.05) is 81.1 Å². The molecule has 3 unspecified atom stereocenters. The zero-order valence-electron chi connectivity index (χ0n) is 51.2. The minimum Gasteiger partial charge on any atom is -0.652 e. The van der Waals surface area contributed by atoms with Crippen molar-refractivity contribution in [3.05, 3.63) is 111 Å². The molecule has 5 atom stereocenters. The van der Waals surface area contributed by atoms with Crippen molar-refractivity contribution in [2.75, 3.05) is 53.4 Å². The predicted molar refractivity (Wildman–Crippen MR) is 352 cm³/mol. The molecule has 0 spiro atoms. The number of Topliss-reactive ketones (excluding diaryl/α,β-unsaturated/α-hetero) is 3. The Morgan fingerprint density at radius 1 is 0.593 bits per heavy atom. The Kier molecular flexibility index (Phi) is 32.7. The Bertz CT molecular complexity index is 3420. The van der Waals surface area contributed by atoms with Gasteiger partial charge in [-0.25, -0.2) is 19.7 Å². The van der Waals surface area contributed by atoms with Gasteiger partial charge in [0.1, 0.15) is 6.04 Å². The summed E-state index contributed by atoms with van der Waals surface area (Å²) in [6.07, 6.45) is 13.3. The number of carbonyl (C=O) groups is 7. The van der Waals surface area contributed by atoms with Gasteiger partial charge in [-0.05, 0) is 93.8 Å². The van der Waals surface area contributed by atoms with Crippen molar-refractivity contribution < 1.29 is 122 Å². The maximum Gasteiger partial charge on any atom is 0.320 e. The van der Waals surface area contributed by atoms with Crippen LogP contribution in [-0.4, -0.2) is 173 Å². The molecule has 2 radical (unpaired) electrons.